The fourth-order valence-electron chi connectivity index (χ4n) is 3.81. The number of fused-ring (bicyclic) bond motifs is 1. The van der Waals surface area contributed by atoms with E-state index >= 15 is 0 Å². The van der Waals surface area contributed by atoms with Gasteiger partial charge in [-0.3, -0.25) is 19.8 Å². The normalized spacial score (nSPS) is 15.0. The van der Waals surface area contributed by atoms with Crippen molar-refractivity contribution < 1.29 is 9.72 Å². The number of rotatable bonds is 5. The average molecular weight is 401 g/mol. The number of nitrogens with zero attached hydrogens (tertiary/aromatic N) is 3. The Morgan fingerprint density at radius 1 is 0.967 bits per heavy atom. The van der Waals surface area contributed by atoms with Gasteiger partial charge in [0, 0.05) is 50.9 Å². The summed E-state index contributed by atoms with van der Waals surface area (Å²) in [5.74, 6) is -0.0636. The first kappa shape index (κ1) is 19.8. The van der Waals surface area contributed by atoms with Crippen LogP contribution in [0.3, 0.4) is 0 Å². The van der Waals surface area contributed by atoms with Crippen LogP contribution in [0, 0.1) is 10.1 Å². The zero-order chi connectivity index (χ0) is 20.9. The summed E-state index contributed by atoms with van der Waals surface area (Å²) in [6.45, 7) is 3.85. The van der Waals surface area contributed by atoms with Crippen LogP contribution in [0.5, 0.6) is 0 Å². The van der Waals surface area contributed by atoms with Crippen molar-refractivity contribution in [3.63, 3.8) is 0 Å². The molecule has 0 N–H and O–H groups in total. The summed E-state index contributed by atoms with van der Waals surface area (Å²) in [6.07, 6.45) is 3.14. The third-order valence-electron chi connectivity index (χ3n) is 5.46. The molecule has 0 bridgehead atoms. The molecule has 1 aliphatic heterocycles. The van der Waals surface area contributed by atoms with E-state index in [9.17, 15) is 14.9 Å². The maximum absolute atomic E-state index is 12.5. The first-order chi connectivity index (χ1) is 14.6. The van der Waals surface area contributed by atoms with Crippen LogP contribution in [0.4, 0.5) is 5.69 Å². The topological polar surface area (TPSA) is 66.7 Å². The summed E-state index contributed by atoms with van der Waals surface area (Å²) in [5.41, 5.74) is 1.97. The molecule has 0 unspecified atom stereocenters. The van der Waals surface area contributed by atoms with Gasteiger partial charge in [-0.1, -0.05) is 54.6 Å². The van der Waals surface area contributed by atoms with Gasteiger partial charge in [0.1, 0.15) is 0 Å². The van der Waals surface area contributed by atoms with Gasteiger partial charge in [0.25, 0.3) is 5.69 Å². The molecule has 1 heterocycles. The van der Waals surface area contributed by atoms with E-state index in [-0.39, 0.29) is 11.6 Å². The molecule has 1 amide bonds. The molecule has 0 spiro atoms. The fraction of sp³-hybridized carbons (Fsp3) is 0.208. The van der Waals surface area contributed by atoms with Crippen LogP contribution >= 0.6 is 0 Å². The Morgan fingerprint density at radius 3 is 2.50 bits per heavy atom. The van der Waals surface area contributed by atoms with Gasteiger partial charge in [-0.15, -0.1) is 0 Å². The Labute approximate surface area is 175 Å². The summed E-state index contributed by atoms with van der Waals surface area (Å²) in [5, 5.41) is 13.4. The van der Waals surface area contributed by atoms with E-state index < -0.39 is 4.92 Å². The number of benzene rings is 3. The summed E-state index contributed by atoms with van der Waals surface area (Å²) < 4.78 is 0. The van der Waals surface area contributed by atoms with Crippen LogP contribution in [0.25, 0.3) is 16.8 Å². The maximum Gasteiger partial charge on any atom is 0.270 e. The molecule has 6 heteroatoms. The van der Waals surface area contributed by atoms with Gasteiger partial charge in [-0.25, -0.2) is 0 Å². The Bertz CT molecular complexity index is 1100. The Balaban J connectivity index is 1.34. The van der Waals surface area contributed by atoms with E-state index in [0.717, 1.165) is 19.6 Å². The number of carbonyl (C=O) groups excluding carboxylic acids is 1. The molecular weight excluding hydrogens is 378 g/mol. The molecule has 0 aromatic heterocycles. The van der Waals surface area contributed by atoms with Crippen molar-refractivity contribution in [2.75, 3.05) is 26.2 Å². The third kappa shape index (κ3) is 4.55. The SMILES string of the molecule is O=C(/C=C/c1cccc([N+](=O)[O-])c1)N1CCN(Cc2cccc3ccccc23)CC1. The summed E-state index contributed by atoms with van der Waals surface area (Å²) in [6, 6.07) is 21.1. The molecule has 6 nitrogen and oxygen atoms in total. The van der Waals surface area contributed by atoms with Gasteiger partial charge in [0.15, 0.2) is 0 Å². The number of piperazine rings is 1. The minimum absolute atomic E-state index is 0.0200. The van der Waals surface area contributed by atoms with Crippen LogP contribution in [-0.2, 0) is 11.3 Å². The molecule has 3 aromatic rings. The molecule has 1 saturated heterocycles. The smallest absolute Gasteiger partial charge is 0.270 e. The van der Waals surface area contributed by atoms with Crippen LogP contribution in [-0.4, -0.2) is 46.8 Å². The lowest BCUT2D eigenvalue weighted by atomic mass is 10.0. The molecule has 152 valence electrons. The predicted molar refractivity (Wildman–Crippen MR) is 118 cm³/mol. The second kappa shape index (κ2) is 8.88. The lowest BCUT2D eigenvalue weighted by Crippen LogP contribution is -2.47. The van der Waals surface area contributed by atoms with Gasteiger partial charge >= 0.3 is 0 Å². The van der Waals surface area contributed by atoms with Crippen LogP contribution in [0.1, 0.15) is 11.1 Å². The number of carbonyl (C=O) groups is 1. The molecule has 3 aromatic carbocycles. The van der Waals surface area contributed by atoms with Gasteiger partial charge in [-0.05, 0) is 28.0 Å². The number of nitro groups is 1. The van der Waals surface area contributed by atoms with E-state index in [2.05, 4.69) is 47.4 Å². The lowest BCUT2D eigenvalue weighted by Gasteiger charge is -2.34. The Kier molecular flexibility index (Phi) is 5.86. The molecule has 0 radical (unpaired) electrons. The van der Waals surface area contributed by atoms with Gasteiger partial charge in [0.2, 0.25) is 5.91 Å². The number of hydrogen-bond donors (Lipinski definition) is 0. The first-order valence-corrected chi connectivity index (χ1v) is 10.0. The van der Waals surface area contributed by atoms with Crippen LogP contribution in [0.15, 0.2) is 72.8 Å². The standard InChI is InChI=1S/C24H23N3O3/c28-24(12-11-19-5-3-9-22(17-19)27(29)30)26-15-13-25(14-16-26)18-21-8-4-7-20-6-1-2-10-23(20)21/h1-12,17H,13-16,18H2/b12-11+. The molecule has 1 fully saturated rings. The molecule has 30 heavy (non-hydrogen) atoms. The molecule has 0 saturated carbocycles. The maximum atomic E-state index is 12.5. The van der Waals surface area contributed by atoms with Crippen molar-refractivity contribution in [3.8, 4) is 0 Å². The molecular formula is C24H23N3O3. The molecule has 0 aliphatic carbocycles. The first-order valence-electron chi connectivity index (χ1n) is 10.0. The molecule has 0 atom stereocenters. The van der Waals surface area contributed by atoms with Gasteiger partial charge in [0.05, 0.1) is 4.92 Å². The minimum atomic E-state index is -0.436. The Hall–Kier alpha value is -3.51. The van der Waals surface area contributed by atoms with Crippen LogP contribution in [0.2, 0.25) is 0 Å². The quantitative estimate of drug-likeness (QED) is 0.367. The van der Waals surface area contributed by atoms with E-state index in [4.69, 9.17) is 0 Å². The lowest BCUT2D eigenvalue weighted by molar-refractivity contribution is -0.384. The second-order valence-electron chi connectivity index (χ2n) is 7.43. The summed E-state index contributed by atoms with van der Waals surface area (Å²) in [7, 11) is 0. The number of amides is 1. The summed E-state index contributed by atoms with van der Waals surface area (Å²) >= 11 is 0. The minimum Gasteiger partial charge on any atom is -0.337 e. The zero-order valence-corrected chi connectivity index (χ0v) is 16.6. The number of nitro benzene ring substituents is 1. The van der Waals surface area contributed by atoms with Crippen LogP contribution < -0.4 is 0 Å². The molecule has 4 rings (SSSR count). The highest BCUT2D eigenvalue weighted by Gasteiger charge is 2.20. The van der Waals surface area contributed by atoms with Gasteiger partial charge < -0.3 is 4.90 Å². The largest absolute Gasteiger partial charge is 0.337 e. The van der Waals surface area contributed by atoms with Crippen molar-refractivity contribution in [1.29, 1.82) is 0 Å². The average Bonchev–Trinajstić information content (AvgIpc) is 2.78. The zero-order valence-electron chi connectivity index (χ0n) is 16.6. The Morgan fingerprint density at radius 2 is 1.70 bits per heavy atom. The van der Waals surface area contributed by atoms with Crippen molar-refractivity contribution >= 4 is 28.4 Å². The van der Waals surface area contributed by atoms with Crippen molar-refractivity contribution in [2.45, 2.75) is 6.54 Å². The van der Waals surface area contributed by atoms with E-state index in [1.165, 1.54) is 34.5 Å². The highest BCUT2D eigenvalue weighted by molar-refractivity contribution is 5.92. The number of non-ortho nitro benzene ring substituents is 1. The highest BCUT2D eigenvalue weighted by Crippen LogP contribution is 2.21. The second-order valence-corrected chi connectivity index (χ2v) is 7.43. The number of hydrogen-bond acceptors (Lipinski definition) is 4. The highest BCUT2D eigenvalue weighted by atomic mass is 16.6. The third-order valence-corrected chi connectivity index (χ3v) is 5.46. The van der Waals surface area contributed by atoms with Gasteiger partial charge in [-0.2, -0.15) is 0 Å². The monoisotopic (exact) mass is 401 g/mol. The summed E-state index contributed by atoms with van der Waals surface area (Å²) in [4.78, 5) is 27.2. The molecule has 1 aliphatic rings. The van der Waals surface area contributed by atoms with Crippen molar-refractivity contribution in [3.05, 3.63) is 94.0 Å². The van der Waals surface area contributed by atoms with E-state index in [1.54, 1.807) is 18.2 Å². The van der Waals surface area contributed by atoms with Crippen molar-refractivity contribution in [1.82, 2.24) is 9.80 Å². The van der Waals surface area contributed by atoms with Crippen molar-refractivity contribution in [2.24, 2.45) is 0 Å². The fourth-order valence-corrected chi connectivity index (χ4v) is 3.81. The predicted octanol–water partition coefficient (Wildman–Crippen LogP) is 4.11. The van der Waals surface area contributed by atoms with E-state index in [1.807, 2.05) is 4.90 Å². The van der Waals surface area contributed by atoms with E-state index in [0.29, 0.717) is 18.7 Å².